The third-order valence-corrected chi connectivity index (χ3v) is 3.00. The fraction of sp³-hybridized carbons (Fsp3) is 0.267. The molecule has 1 heterocycles. The third-order valence-electron chi connectivity index (χ3n) is 3.00. The molecule has 2 rings (SSSR count). The fourth-order valence-corrected chi connectivity index (χ4v) is 1.90. The number of pyridine rings is 1. The first kappa shape index (κ1) is 13.4. The lowest BCUT2D eigenvalue weighted by atomic mass is 10.0. The SMILES string of the molecule is Cc1ccc(CC(CO)Nc2ncccc2N)cc1. The lowest BCUT2D eigenvalue weighted by molar-refractivity contribution is 0.273. The van der Waals surface area contributed by atoms with Crippen LogP contribution >= 0.6 is 0 Å². The third kappa shape index (κ3) is 3.69. The van der Waals surface area contributed by atoms with Crippen molar-refractivity contribution in [1.82, 2.24) is 4.98 Å². The zero-order valence-electron chi connectivity index (χ0n) is 11.0. The first-order valence-electron chi connectivity index (χ1n) is 6.32. The van der Waals surface area contributed by atoms with E-state index in [0.29, 0.717) is 11.5 Å². The molecule has 1 atom stereocenters. The molecular weight excluding hydrogens is 238 g/mol. The molecular formula is C15H19N3O. The Hall–Kier alpha value is -2.07. The van der Waals surface area contributed by atoms with E-state index >= 15 is 0 Å². The molecule has 19 heavy (non-hydrogen) atoms. The van der Waals surface area contributed by atoms with Crippen LogP contribution in [-0.4, -0.2) is 22.7 Å². The van der Waals surface area contributed by atoms with Crippen LogP contribution in [0.4, 0.5) is 11.5 Å². The average Bonchev–Trinajstić information content (AvgIpc) is 2.43. The zero-order chi connectivity index (χ0) is 13.7. The summed E-state index contributed by atoms with van der Waals surface area (Å²) in [6.45, 7) is 2.09. The summed E-state index contributed by atoms with van der Waals surface area (Å²) >= 11 is 0. The maximum atomic E-state index is 9.46. The van der Waals surface area contributed by atoms with Gasteiger partial charge in [-0.05, 0) is 31.0 Å². The minimum atomic E-state index is -0.0973. The molecule has 0 aliphatic heterocycles. The van der Waals surface area contributed by atoms with Gasteiger partial charge in [-0.15, -0.1) is 0 Å². The van der Waals surface area contributed by atoms with Gasteiger partial charge in [0.1, 0.15) is 5.82 Å². The van der Waals surface area contributed by atoms with Gasteiger partial charge in [0.25, 0.3) is 0 Å². The standard InChI is InChI=1S/C15H19N3O/c1-11-4-6-12(7-5-11)9-13(10-19)18-15-14(16)3-2-8-17-15/h2-8,13,19H,9-10,16H2,1H3,(H,17,18). The van der Waals surface area contributed by atoms with Crippen molar-refractivity contribution in [1.29, 1.82) is 0 Å². The van der Waals surface area contributed by atoms with Crippen molar-refractivity contribution >= 4 is 11.5 Å². The predicted octanol–water partition coefficient (Wildman–Crippen LogP) is 1.99. The second-order valence-corrected chi connectivity index (χ2v) is 4.65. The van der Waals surface area contributed by atoms with E-state index in [1.54, 1.807) is 18.3 Å². The normalized spacial score (nSPS) is 12.1. The number of hydrogen-bond donors (Lipinski definition) is 3. The zero-order valence-corrected chi connectivity index (χ0v) is 11.0. The Balaban J connectivity index is 2.05. The summed E-state index contributed by atoms with van der Waals surface area (Å²) in [6, 6.07) is 11.8. The van der Waals surface area contributed by atoms with Crippen molar-refractivity contribution in [2.75, 3.05) is 17.7 Å². The maximum absolute atomic E-state index is 9.46. The van der Waals surface area contributed by atoms with Gasteiger partial charge in [0.2, 0.25) is 0 Å². The molecule has 1 aromatic heterocycles. The number of aliphatic hydroxyl groups is 1. The quantitative estimate of drug-likeness (QED) is 0.766. The molecule has 2 aromatic rings. The molecule has 0 aliphatic rings. The van der Waals surface area contributed by atoms with Crippen LogP contribution in [-0.2, 0) is 6.42 Å². The number of anilines is 2. The van der Waals surface area contributed by atoms with Crippen molar-refractivity contribution in [3.63, 3.8) is 0 Å². The Morgan fingerprint density at radius 2 is 2.00 bits per heavy atom. The molecule has 4 heteroatoms. The molecule has 0 spiro atoms. The number of nitrogens with zero attached hydrogens (tertiary/aromatic N) is 1. The first-order chi connectivity index (χ1) is 9.19. The highest BCUT2D eigenvalue weighted by atomic mass is 16.3. The van der Waals surface area contributed by atoms with Crippen molar-refractivity contribution < 1.29 is 5.11 Å². The highest BCUT2D eigenvalue weighted by Crippen LogP contribution is 2.16. The van der Waals surface area contributed by atoms with E-state index < -0.39 is 0 Å². The number of aromatic nitrogens is 1. The van der Waals surface area contributed by atoms with Crippen LogP contribution in [0.25, 0.3) is 0 Å². The van der Waals surface area contributed by atoms with Gasteiger partial charge in [-0.3, -0.25) is 0 Å². The molecule has 0 saturated carbocycles. The second kappa shape index (κ2) is 6.20. The summed E-state index contributed by atoms with van der Waals surface area (Å²) < 4.78 is 0. The highest BCUT2D eigenvalue weighted by molar-refractivity contribution is 5.60. The Labute approximate surface area is 113 Å². The van der Waals surface area contributed by atoms with Gasteiger partial charge in [0.05, 0.1) is 18.3 Å². The summed E-state index contributed by atoms with van der Waals surface area (Å²) in [5, 5.41) is 12.6. The van der Waals surface area contributed by atoms with E-state index in [2.05, 4.69) is 41.5 Å². The predicted molar refractivity (Wildman–Crippen MR) is 78.0 cm³/mol. The Bertz CT molecular complexity index is 525. The molecule has 0 bridgehead atoms. The lowest BCUT2D eigenvalue weighted by Crippen LogP contribution is -2.27. The van der Waals surface area contributed by atoms with Crippen LogP contribution in [0.15, 0.2) is 42.6 Å². The molecule has 1 unspecified atom stereocenters. The molecule has 4 N–H and O–H groups in total. The van der Waals surface area contributed by atoms with Crippen LogP contribution < -0.4 is 11.1 Å². The topological polar surface area (TPSA) is 71.2 Å². The van der Waals surface area contributed by atoms with Crippen molar-refractivity contribution in [2.24, 2.45) is 0 Å². The first-order valence-corrected chi connectivity index (χ1v) is 6.32. The number of nitrogens with one attached hydrogen (secondary N) is 1. The number of nitrogen functional groups attached to an aromatic ring is 1. The molecule has 0 amide bonds. The van der Waals surface area contributed by atoms with Gasteiger partial charge in [-0.1, -0.05) is 29.8 Å². The van der Waals surface area contributed by atoms with Gasteiger partial charge in [-0.25, -0.2) is 4.98 Å². The van der Waals surface area contributed by atoms with E-state index in [0.717, 1.165) is 6.42 Å². The largest absolute Gasteiger partial charge is 0.396 e. The number of rotatable bonds is 5. The van der Waals surface area contributed by atoms with Gasteiger partial charge in [0, 0.05) is 6.20 Å². The van der Waals surface area contributed by atoms with E-state index in [-0.39, 0.29) is 12.6 Å². The summed E-state index contributed by atoms with van der Waals surface area (Å²) in [7, 11) is 0. The van der Waals surface area contributed by atoms with Gasteiger partial charge in [-0.2, -0.15) is 0 Å². The minimum absolute atomic E-state index is 0.0316. The number of hydrogen-bond acceptors (Lipinski definition) is 4. The highest BCUT2D eigenvalue weighted by Gasteiger charge is 2.10. The number of aryl methyl sites for hydroxylation is 1. The summed E-state index contributed by atoms with van der Waals surface area (Å²) in [4.78, 5) is 4.17. The van der Waals surface area contributed by atoms with Crippen molar-refractivity contribution in [3.05, 3.63) is 53.7 Å². The van der Waals surface area contributed by atoms with Crippen LogP contribution in [0, 0.1) is 6.92 Å². The summed E-state index contributed by atoms with van der Waals surface area (Å²) in [5.74, 6) is 0.619. The van der Waals surface area contributed by atoms with Gasteiger partial charge < -0.3 is 16.2 Å². The molecule has 0 radical (unpaired) electrons. The Kier molecular flexibility index (Phi) is 4.36. The van der Waals surface area contributed by atoms with Gasteiger partial charge >= 0.3 is 0 Å². The van der Waals surface area contributed by atoms with Crippen LogP contribution in [0.5, 0.6) is 0 Å². The number of benzene rings is 1. The fourth-order valence-electron chi connectivity index (χ4n) is 1.90. The van der Waals surface area contributed by atoms with E-state index in [1.807, 2.05) is 0 Å². The van der Waals surface area contributed by atoms with E-state index in [1.165, 1.54) is 11.1 Å². The van der Waals surface area contributed by atoms with E-state index in [9.17, 15) is 5.11 Å². The Morgan fingerprint density at radius 1 is 1.26 bits per heavy atom. The molecule has 4 nitrogen and oxygen atoms in total. The lowest BCUT2D eigenvalue weighted by Gasteiger charge is -2.18. The summed E-state index contributed by atoms with van der Waals surface area (Å²) in [5.41, 5.74) is 8.82. The van der Waals surface area contributed by atoms with E-state index in [4.69, 9.17) is 5.73 Å². The smallest absolute Gasteiger partial charge is 0.149 e. The molecule has 100 valence electrons. The summed E-state index contributed by atoms with van der Waals surface area (Å²) in [6.07, 6.45) is 2.41. The molecule has 0 aliphatic carbocycles. The second-order valence-electron chi connectivity index (χ2n) is 4.65. The molecule has 0 saturated heterocycles. The van der Waals surface area contributed by atoms with Crippen molar-refractivity contribution in [3.8, 4) is 0 Å². The average molecular weight is 257 g/mol. The van der Waals surface area contributed by atoms with Crippen LogP contribution in [0.3, 0.4) is 0 Å². The monoisotopic (exact) mass is 257 g/mol. The maximum Gasteiger partial charge on any atom is 0.149 e. The number of aliphatic hydroxyl groups excluding tert-OH is 1. The molecule has 0 fully saturated rings. The van der Waals surface area contributed by atoms with Crippen LogP contribution in [0.1, 0.15) is 11.1 Å². The Morgan fingerprint density at radius 3 is 2.63 bits per heavy atom. The van der Waals surface area contributed by atoms with Crippen LogP contribution in [0.2, 0.25) is 0 Å². The number of nitrogens with two attached hydrogens (primary N) is 1. The minimum Gasteiger partial charge on any atom is -0.396 e. The van der Waals surface area contributed by atoms with Crippen molar-refractivity contribution in [2.45, 2.75) is 19.4 Å². The molecule has 1 aromatic carbocycles. The van der Waals surface area contributed by atoms with Gasteiger partial charge in [0.15, 0.2) is 0 Å².